The lowest BCUT2D eigenvalue weighted by Gasteiger charge is -2.32. The average molecular weight is 384 g/mol. The maximum atomic E-state index is 6.56. The lowest BCUT2D eigenvalue weighted by Crippen LogP contribution is -2.41. The molecule has 4 rings (SSSR count). The Morgan fingerprint density at radius 1 is 1.11 bits per heavy atom. The van der Waals surface area contributed by atoms with Gasteiger partial charge in [0, 0.05) is 11.1 Å². The number of hydrogen-bond donors (Lipinski definition) is 0. The molecule has 0 radical (unpaired) electrons. The van der Waals surface area contributed by atoms with Crippen molar-refractivity contribution >= 4 is 35.1 Å². The molecule has 0 amide bonds. The van der Waals surface area contributed by atoms with E-state index in [1.165, 1.54) is 0 Å². The van der Waals surface area contributed by atoms with Crippen LogP contribution in [-0.2, 0) is 15.7 Å². The molecule has 0 saturated carbocycles. The Kier molecular flexibility index (Phi) is 4.33. The highest BCUT2D eigenvalue weighted by atomic mass is 35.5. The number of aryl methyl sites for hydroxylation is 1. The number of rotatable bonds is 3. The molecule has 5 nitrogen and oxygen atoms in total. The first-order valence-corrected chi connectivity index (χ1v) is 9.59. The molecule has 27 heavy (non-hydrogen) atoms. The Hall–Kier alpha value is -1.89. The number of benzene rings is 1. The molecule has 1 aromatic carbocycles. The summed E-state index contributed by atoms with van der Waals surface area (Å²) >= 11 is 6.56. The number of fused-ring (bicyclic) bond motifs is 1. The molecule has 1 aliphatic rings. The number of pyridine rings is 1. The smallest absolute Gasteiger partial charge is 0.399 e. The van der Waals surface area contributed by atoms with Crippen LogP contribution in [-0.4, -0.2) is 33.1 Å². The summed E-state index contributed by atoms with van der Waals surface area (Å²) in [6, 6.07) is 9.87. The van der Waals surface area contributed by atoms with Crippen molar-refractivity contribution in [2.75, 3.05) is 0 Å². The summed E-state index contributed by atoms with van der Waals surface area (Å²) in [6.45, 7) is 10.2. The summed E-state index contributed by atoms with van der Waals surface area (Å²) in [5.74, 6) is 0.770. The Bertz CT molecular complexity index is 1000. The molecule has 1 aliphatic heterocycles. The Labute approximate surface area is 164 Å². The quantitative estimate of drug-likeness (QED) is 0.643. The molecule has 7 heteroatoms. The van der Waals surface area contributed by atoms with E-state index in [-0.39, 0.29) is 0 Å². The molecule has 3 aromatic rings. The fourth-order valence-electron chi connectivity index (χ4n) is 3.18. The van der Waals surface area contributed by atoms with Gasteiger partial charge < -0.3 is 9.31 Å². The summed E-state index contributed by atoms with van der Waals surface area (Å²) in [6.07, 6.45) is 2.64. The molecule has 0 spiro atoms. The molecular formula is C20H23BClN3O2. The van der Waals surface area contributed by atoms with Crippen LogP contribution >= 0.6 is 11.6 Å². The van der Waals surface area contributed by atoms with E-state index in [1.54, 1.807) is 6.20 Å². The van der Waals surface area contributed by atoms with Gasteiger partial charge >= 0.3 is 7.12 Å². The van der Waals surface area contributed by atoms with Crippen LogP contribution in [0.3, 0.4) is 0 Å². The maximum absolute atomic E-state index is 6.56. The van der Waals surface area contributed by atoms with E-state index in [4.69, 9.17) is 20.9 Å². The molecule has 0 aliphatic carbocycles. The third kappa shape index (κ3) is 3.06. The Balaban J connectivity index is 1.81. The number of aromatic nitrogens is 3. The van der Waals surface area contributed by atoms with E-state index >= 15 is 0 Å². The molecule has 3 heterocycles. The minimum absolute atomic E-state index is 0.406. The summed E-state index contributed by atoms with van der Waals surface area (Å²) in [5, 5.41) is 6.01. The molecule has 1 fully saturated rings. The first-order chi connectivity index (χ1) is 12.7. The Morgan fingerprint density at radius 3 is 2.48 bits per heavy atom. The summed E-state index contributed by atoms with van der Waals surface area (Å²) in [4.78, 5) is 4.68. The average Bonchev–Trinajstić information content (AvgIpc) is 3.13. The fourth-order valence-corrected chi connectivity index (χ4v) is 3.46. The maximum Gasteiger partial charge on any atom is 0.494 e. The van der Waals surface area contributed by atoms with Crippen LogP contribution in [0.25, 0.3) is 16.7 Å². The second kappa shape index (κ2) is 6.33. The van der Waals surface area contributed by atoms with Gasteiger partial charge in [0.2, 0.25) is 0 Å². The van der Waals surface area contributed by atoms with Crippen LogP contribution in [0.1, 0.15) is 40.3 Å². The second-order valence-corrected chi connectivity index (χ2v) is 8.33. The minimum atomic E-state index is -0.477. The minimum Gasteiger partial charge on any atom is -0.399 e. The van der Waals surface area contributed by atoms with Crippen molar-refractivity contribution in [3.8, 4) is 5.82 Å². The van der Waals surface area contributed by atoms with Gasteiger partial charge in [-0.3, -0.25) is 0 Å². The molecular weight excluding hydrogens is 361 g/mol. The number of hydrogen-bond acceptors (Lipinski definition) is 4. The molecule has 140 valence electrons. The van der Waals surface area contributed by atoms with Crippen molar-refractivity contribution in [2.45, 2.75) is 52.2 Å². The van der Waals surface area contributed by atoms with Crippen molar-refractivity contribution < 1.29 is 9.31 Å². The van der Waals surface area contributed by atoms with Gasteiger partial charge in [-0.2, -0.15) is 5.10 Å². The predicted octanol–water partition coefficient (Wildman–Crippen LogP) is 3.94. The standard InChI is InChI=1S/C20H23BClN3O2/c1-6-14-8-7-9-18(24-14)25-17-11-13(10-16(22)15(17)12-23-25)21-26-19(2,3)20(4,5)27-21/h7-12H,6H2,1-5H3. The van der Waals surface area contributed by atoms with Crippen molar-refractivity contribution in [1.29, 1.82) is 0 Å². The molecule has 0 unspecified atom stereocenters. The van der Waals surface area contributed by atoms with Gasteiger partial charge in [0.25, 0.3) is 0 Å². The van der Waals surface area contributed by atoms with Gasteiger partial charge in [-0.25, -0.2) is 9.67 Å². The third-order valence-electron chi connectivity index (χ3n) is 5.56. The first kappa shape index (κ1) is 18.5. The van der Waals surface area contributed by atoms with Gasteiger partial charge in [0.15, 0.2) is 5.82 Å². The number of halogens is 1. The second-order valence-electron chi connectivity index (χ2n) is 7.92. The normalized spacial score (nSPS) is 18.4. The lowest BCUT2D eigenvalue weighted by molar-refractivity contribution is 0.00578. The van der Waals surface area contributed by atoms with E-state index in [2.05, 4.69) is 17.0 Å². The van der Waals surface area contributed by atoms with Crippen molar-refractivity contribution in [2.24, 2.45) is 0 Å². The highest BCUT2D eigenvalue weighted by Crippen LogP contribution is 2.37. The molecule has 0 bridgehead atoms. The van der Waals surface area contributed by atoms with Gasteiger partial charge in [0.05, 0.1) is 27.9 Å². The fraction of sp³-hybridized carbons (Fsp3) is 0.400. The van der Waals surface area contributed by atoms with E-state index in [1.807, 2.05) is 62.7 Å². The largest absolute Gasteiger partial charge is 0.494 e. The van der Waals surface area contributed by atoms with Gasteiger partial charge in [0.1, 0.15) is 0 Å². The lowest BCUT2D eigenvalue weighted by atomic mass is 9.79. The zero-order valence-electron chi connectivity index (χ0n) is 16.3. The highest BCUT2D eigenvalue weighted by molar-refractivity contribution is 6.63. The molecule has 0 N–H and O–H groups in total. The summed E-state index contributed by atoms with van der Waals surface area (Å²) in [5.41, 5.74) is 1.96. The molecule has 1 saturated heterocycles. The monoisotopic (exact) mass is 383 g/mol. The first-order valence-electron chi connectivity index (χ1n) is 9.21. The van der Waals surface area contributed by atoms with Gasteiger partial charge in [-0.05, 0) is 63.8 Å². The van der Waals surface area contributed by atoms with E-state index in [0.717, 1.165) is 34.3 Å². The topological polar surface area (TPSA) is 49.2 Å². The zero-order valence-corrected chi connectivity index (χ0v) is 17.0. The van der Waals surface area contributed by atoms with Crippen LogP contribution in [0.15, 0.2) is 36.5 Å². The van der Waals surface area contributed by atoms with Crippen molar-refractivity contribution in [1.82, 2.24) is 14.8 Å². The molecule has 2 aromatic heterocycles. The van der Waals surface area contributed by atoms with Gasteiger partial charge in [-0.15, -0.1) is 0 Å². The van der Waals surface area contributed by atoms with Gasteiger partial charge in [-0.1, -0.05) is 24.6 Å². The van der Waals surface area contributed by atoms with E-state index < -0.39 is 18.3 Å². The third-order valence-corrected chi connectivity index (χ3v) is 5.87. The summed E-state index contributed by atoms with van der Waals surface area (Å²) in [7, 11) is -0.477. The van der Waals surface area contributed by atoms with E-state index in [9.17, 15) is 0 Å². The van der Waals surface area contributed by atoms with Crippen molar-refractivity contribution in [3.05, 3.63) is 47.2 Å². The van der Waals surface area contributed by atoms with Crippen LogP contribution in [0, 0.1) is 0 Å². The number of nitrogens with zero attached hydrogens (tertiary/aromatic N) is 3. The van der Waals surface area contributed by atoms with E-state index in [0.29, 0.717) is 5.02 Å². The van der Waals surface area contributed by atoms with Crippen molar-refractivity contribution in [3.63, 3.8) is 0 Å². The van der Waals surface area contributed by atoms with Crippen LogP contribution in [0.5, 0.6) is 0 Å². The SMILES string of the molecule is CCc1cccc(-n2ncc3c(Cl)cc(B4OC(C)(C)C(C)(C)O4)cc32)n1. The predicted molar refractivity (Wildman–Crippen MR) is 109 cm³/mol. The zero-order chi connectivity index (χ0) is 19.4. The Morgan fingerprint density at radius 2 is 1.81 bits per heavy atom. The van der Waals surface area contributed by atoms with Crippen LogP contribution < -0.4 is 5.46 Å². The molecule has 0 atom stereocenters. The van der Waals surface area contributed by atoms with Crippen LogP contribution in [0.2, 0.25) is 5.02 Å². The summed E-state index contributed by atoms with van der Waals surface area (Å²) < 4.78 is 14.2. The highest BCUT2D eigenvalue weighted by Gasteiger charge is 2.51. The van der Waals surface area contributed by atoms with Crippen LogP contribution in [0.4, 0.5) is 0 Å².